The fourth-order valence-electron chi connectivity index (χ4n) is 3.70. The summed E-state index contributed by atoms with van der Waals surface area (Å²) in [6.45, 7) is 11.7. The van der Waals surface area contributed by atoms with E-state index in [0.717, 1.165) is 64.3 Å². The average molecular weight is 335 g/mol. The molecule has 3 heterocycles. The van der Waals surface area contributed by atoms with Crippen molar-refractivity contribution in [1.29, 1.82) is 0 Å². The van der Waals surface area contributed by atoms with Gasteiger partial charge in [-0.1, -0.05) is 0 Å². The van der Waals surface area contributed by atoms with Crippen LogP contribution in [0.2, 0.25) is 0 Å². The topological polar surface area (TPSA) is 56.6 Å². The van der Waals surface area contributed by atoms with Gasteiger partial charge >= 0.3 is 0 Å². The number of aryl methyl sites for hydroxylation is 1. The highest BCUT2D eigenvalue weighted by atomic mass is 16.3. The molecule has 2 saturated heterocycles. The molecule has 6 nitrogen and oxygen atoms in total. The van der Waals surface area contributed by atoms with Crippen LogP contribution in [-0.4, -0.2) is 76.6 Å². The van der Waals surface area contributed by atoms with Gasteiger partial charge in [0.25, 0.3) is 0 Å². The minimum absolute atomic E-state index is 0.0913. The molecule has 0 radical (unpaired) electrons. The van der Waals surface area contributed by atoms with Crippen LogP contribution in [0.1, 0.15) is 36.9 Å². The average Bonchev–Trinajstić information content (AvgIpc) is 3.21. The first-order valence-electron chi connectivity index (χ1n) is 9.57. The quantitative estimate of drug-likeness (QED) is 0.690. The van der Waals surface area contributed by atoms with E-state index in [4.69, 9.17) is 0 Å². The molecule has 2 aliphatic rings. The maximum Gasteiger partial charge on any atom is 0.0638 e. The van der Waals surface area contributed by atoms with Crippen LogP contribution < -0.4 is 5.32 Å². The molecule has 136 valence electrons. The Kier molecular flexibility index (Phi) is 6.66. The second-order valence-corrected chi connectivity index (χ2v) is 7.30. The van der Waals surface area contributed by atoms with Gasteiger partial charge in [0, 0.05) is 51.0 Å². The molecule has 3 rings (SSSR count). The first-order chi connectivity index (χ1) is 11.7. The SMILES string of the molecule is Cc1nn(CCN2CCC(O)CC2)cc1CNCCN1CCCC1. The number of nitrogens with one attached hydrogen (secondary N) is 1. The number of hydrogen-bond acceptors (Lipinski definition) is 5. The summed E-state index contributed by atoms with van der Waals surface area (Å²) in [6.07, 6.45) is 6.64. The highest BCUT2D eigenvalue weighted by Crippen LogP contribution is 2.11. The van der Waals surface area contributed by atoms with Crippen LogP contribution in [0, 0.1) is 6.92 Å². The number of hydrogen-bond donors (Lipinski definition) is 2. The predicted molar refractivity (Wildman–Crippen MR) is 96.0 cm³/mol. The molecule has 2 aliphatic heterocycles. The van der Waals surface area contributed by atoms with Crippen molar-refractivity contribution in [1.82, 2.24) is 24.9 Å². The molecule has 2 fully saturated rings. The summed E-state index contributed by atoms with van der Waals surface area (Å²) >= 11 is 0. The molecule has 0 spiro atoms. The molecule has 0 saturated carbocycles. The summed E-state index contributed by atoms with van der Waals surface area (Å²) in [5, 5.41) is 17.8. The first kappa shape index (κ1) is 17.9. The monoisotopic (exact) mass is 335 g/mol. The minimum atomic E-state index is -0.0913. The zero-order valence-electron chi connectivity index (χ0n) is 15.1. The summed E-state index contributed by atoms with van der Waals surface area (Å²) < 4.78 is 2.08. The Morgan fingerprint density at radius 2 is 1.79 bits per heavy atom. The minimum Gasteiger partial charge on any atom is -0.393 e. The number of aliphatic hydroxyl groups excluding tert-OH is 1. The molecule has 0 aromatic carbocycles. The maximum absolute atomic E-state index is 9.57. The summed E-state index contributed by atoms with van der Waals surface area (Å²) in [5.74, 6) is 0. The zero-order valence-corrected chi connectivity index (χ0v) is 15.1. The van der Waals surface area contributed by atoms with Gasteiger partial charge in [-0.15, -0.1) is 0 Å². The molecule has 0 amide bonds. The Morgan fingerprint density at radius 3 is 2.54 bits per heavy atom. The third kappa shape index (κ3) is 5.28. The summed E-state index contributed by atoms with van der Waals surface area (Å²) in [5.41, 5.74) is 2.45. The Labute approximate surface area is 145 Å². The fraction of sp³-hybridized carbons (Fsp3) is 0.833. The predicted octanol–water partition coefficient (Wildman–Crippen LogP) is 0.834. The van der Waals surface area contributed by atoms with Gasteiger partial charge in [0.1, 0.15) is 0 Å². The van der Waals surface area contributed by atoms with Gasteiger partial charge < -0.3 is 20.2 Å². The summed E-state index contributed by atoms with van der Waals surface area (Å²) in [7, 11) is 0. The number of likely N-dealkylation sites (tertiary alicyclic amines) is 2. The van der Waals surface area contributed by atoms with Crippen LogP contribution in [0.15, 0.2) is 6.20 Å². The van der Waals surface area contributed by atoms with Crippen molar-refractivity contribution in [3.05, 3.63) is 17.5 Å². The Bertz CT molecular complexity index is 490. The maximum atomic E-state index is 9.57. The number of piperidine rings is 1. The van der Waals surface area contributed by atoms with E-state index >= 15 is 0 Å². The second kappa shape index (κ2) is 8.94. The first-order valence-corrected chi connectivity index (χ1v) is 9.57. The standard InChI is InChI=1S/C18H33N5O/c1-16-17(14-19-6-11-21-7-2-3-8-21)15-23(20-16)13-12-22-9-4-18(24)5-10-22/h15,18-19,24H,2-14H2,1H3. The van der Waals surface area contributed by atoms with Crippen LogP contribution in [0.25, 0.3) is 0 Å². The van der Waals surface area contributed by atoms with Crippen molar-refractivity contribution in [2.75, 3.05) is 45.8 Å². The lowest BCUT2D eigenvalue weighted by molar-refractivity contribution is 0.0805. The van der Waals surface area contributed by atoms with Crippen molar-refractivity contribution in [3.63, 3.8) is 0 Å². The molecule has 0 atom stereocenters. The number of aliphatic hydroxyl groups is 1. The van der Waals surface area contributed by atoms with Gasteiger partial charge in [0.15, 0.2) is 0 Å². The van der Waals surface area contributed by atoms with Gasteiger partial charge in [-0.3, -0.25) is 4.68 Å². The van der Waals surface area contributed by atoms with Crippen molar-refractivity contribution < 1.29 is 5.11 Å². The van der Waals surface area contributed by atoms with Crippen molar-refractivity contribution >= 4 is 0 Å². The van der Waals surface area contributed by atoms with Gasteiger partial charge in [-0.05, 0) is 45.7 Å². The molecule has 0 aliphatic carbocycles. The zero-order chi connectivity index (χ0) is 16.8. The Hall–Kier alpha value is -0.950. The third-order valence-electron chi connectivity index (χ3n) is 5.37. The van der Waals surface area contributed by atoms with Crippen molar-refractivity contribution in [2.45, 2.75) is 51.8 Å². The van der Waals surface area contributed by atoms with Crippen molar-refractivity contribution in [3.8, 4) is 0 Å². The van der Waals surface area contributed by atoms with Crippen LogP contribution in [-0.2, 0) is 13.1 Å². The number of rotatable bonds is 8. The Morgan fingerprint density at radius 1 is 1.08 bits per heavy atom. The van der Waals surface area contributed by atoms with E-state index in [0.29, 0.717) is 0 Å². The highest BCUT2D eigenvalue weighted by Gasteiger charge is 2.16. The van der Waals surface area contributed by atoms with Crippen LogP contribution in [0.5, 0.6) is 0 Å². The second-order valence-electron chi connectivity index (χ2n) is 7.30. The summed E-state index contributed by atoms with van der Waals surface area (Å²) in [6, 6.07) is 0. The lowest BCUT2D eigenvalue weighted by Crippen LogP contribution is -2.37. The van der Waals surface area contributed by atoms with Gasteiger partial charge in [-0.2, -0.15) is 5.10 Å². The third-order valence-corrected chi connectivity index (χ3v) is 5.37. The molecule has 2 N–H and O–H groups in total. The van der Waals surface area contributed by atoms with Gasteiger partial charge in [0.05, 0.1) is 18.3 Å². The summed E-state index contributed by atoms with van der Waals surface area (Å²) in [4.78, 5) is 4.97. The van der Waals surface area contributed by atoms with E-state index in [2.05, 4.69) is 38.0 Å². The van der Waals surface area contributed by atoms with Crippen molar-refractivity contribution in [2.24, 2.45) is 0 Å². The molecular weight excluding hydrogens is 302 g/mol. The Balaban J connectivity index is 1.36. The normalized spacial score (nSPS) is 20.9. The van der Waals surface area contributed by atoms with Gasteiger partial charge in [0.2, 0.25) is 0 Å². The van der Waals surface area contributed by atoms with E-state index in [1.54, 1.807) is 0 Å². The smallest absolute Gasteiger partial charge is 0.0638 e. The van der Waals surface area contributed by atoms with E-state index < -0.39 is 0 Å². The van der Waals surface area contributed by atoms with Crippen LogP contribution in [0.4, 0.5) is 0 Å². The fourth-order valence-corrected chi connectivity index (χ4v) is 3.70. The van der Waals surface area contributed by atoms with Crippen LogP contribution >= 0.6 is 0 Å². The molecule has 0 bridgehead atoms. The van der Waals surface area contributed by atoms with Gasteiger partial charge in [-0.25, -0.2) is 0 Å². The number of nitrogens with zero attached hydrogens (tertiary/aromatic N) is 4. The lowest BCUT2D eigenvalue weighted by atomic mass is 10.1. The van der Waals surface area contributed by atoms with E-state index in [1.165, 1.54) is 31.5 Å². The van der Waals surface area contributed by atoms with E-state index in [-0.39, 0.29) is 6.10 Å². The number of aromatic nitrogens is 2. The van der Waals surface area contributed by atoms with E-state index in [9.17, 15) is 5.11 Å². The van der Waals surface area contributed by atoms with Crippen LogP contribution in [0.3, 0.4) is 0 Å². The molecule has 1 aromatic heterocycles. The lowest BCUT2D eigenvalue weighted by Gasteiger charge is -2.29. The molecule has 6 heteroatoms. The van der Waals surface area contributed by atoms with E-state index in [1.807, 2.05) is 0 Å². The molecule has 1 aromatic rings. The molecular formula is C18H33N5O. The highest BCUT2D eigenvalue weighted by molar-refractivity contribution is 5.15. The molecule has 0 unspecified atom stereocenters. The largest absolute Gasteiger partial charge is 0.393 e. The molecule has 24 heavy (non-hydrogen) atoms.